The summed E-state index contributed by atoms with van der Waals surface area (Å²) in [5.74, 6) is -0.939. The Balaban J connectivity index is 3.54. The number of hydrogen-bond acceptors (Lipinski definition) is 4. The van der Waals surface area contributed by atoms with Gasteiger partial charge in [-0.2, -0.15) is 5.11 Å². The van der Waals surface area contributed by atoms with E-state index in [1.54, 1.807) is 13.0 Å². The van der Waals surface area contributed by atoms with Crippen LogP contribution >= 0.6 is 0 Å². The minimum atomic E-state index is -0.502. The number of rotatable bonds is 8. The predicted molar refractivity (Wildman–Crippen MR) is 124 cm³/mol. The first-order chi connectivity index (χ1) is 14.7. The Bertz CT molecular complexity index is 927. The molecule has 166 valence electrons. The number of amides is 2. The van der Waals surface area contributed by atoms with Crippen LogP contribution in [-0.4, -0.2) is 31.9 Å². The molecule has 1 atom stereocenters. The number of allylic oxidation sites excluding steroid dienone is 3. The molecule has 0 spiro atoms. The first-order valence-electron chi connectivity index (χ1n) is 10.0. The molecule has 1 unspecified atom stereocenters. The lowest BCUT2D eigenvalue weighted by Crippen LogP contribution is -2.37. The second-order valence-corrected chi connectivity index (χ2v) is 6.96. The molecule has 0 heterocycles. The van der Waals surface area contributed by atoms with Crippen molar-refractivity contribution in [3.63, 3.8) is 0 Å². The largest absolute Gasteiger partial charge is 0.368 e. The highest BCUT2D eigenvalue weighted by atomic mass is 16.2. The van der Waals surface area contributed by atoms with Gasteiger partial charge in [-0.25, -0.2) is 0 Å². The summed E-state index contributed by atoms with van der Waals surface area (Å²) >= 11 is 0. The summed E-state index contributed by atoms with van der Waals surface area (Å²) < 4.78 is 0. The highest BCUT2D eigenvalue weighted by Crippen LogP contribution is 2.29. The first kappa shape index (κ1) is 25.5. The molecule has 2 amide bonds. The fourth-order valence-corrected chi connectivity index (χ4v) is 2.89. The molecule has 0 saturated heterocycles. The Labute approximate surface area is 184 Å². The van der Waals surface area contributed by atoms with Crippen molar-refractivity contribution in [1.29, 1.82) is 0 Å². The van der Waals surface area contributed by atoms with E-state index in [1.807, 2.05) is 37.3 Å². The number of nitrogens with zero attached hydrogens (tertiary/aromatic N) is 3. The van der Waals surface area contributed by atoms with Crippen LogP contribution in [-0.2, 0) is 9.59 Å². The molecule has 0 aliphatic heterocycles. The second kappa shape index (κ2) is 12.9. The molecule has 4 N–H and O–H groups in total. The molecular formula is C23H32N6O2. The van der Waals surface area contributed by atoms with Crippen LogP contribution in [0.4, 0.5) is 0 Å². The number of benzene rings is 1. The maximum absolute atomic E-state index is 13.0. The zero-order chi connectivity index (χ0) is 23.4. The van der Waals surface area contributed by atoms with E-state index >= 15 is 0 Å². The lowest BCUT2D eigenvalue weighted by molar-refractivity contribution is -0.117. The Hall–Kier alpha value is -3.55. The average Bonchev–Trinajstić information content (AvgIpc) is 2.78. The van der Waals surface area contributed by atoms with Crippen molar-refractivity contribution in [3.8, 4) is 0 Å². The summed E-state index contributed by atoms with van der Waals surface area (Å²) in [5, 5.41) is 15.5. The van der Waals surface area contributed by atoms with Gasteiger partial charge in [0.25, 0.3) is 5.91 Å². The van der Waals surface area contributed by atoms with E-state index in [9.17, 15) is 9.59 Å². The summed E-state index contributed by atoms with van der Waals surface area (Å²) in [6, 6.07) is 10.0. The van der Waals surface area contributed by atoms with E-state index in [0.29, 0.717) is 5.57 Å². The number of carbonyl (C=O) groups excluding carboxylic acids is 2. The van der Waals surface area contributed by atoms with Crippen molar-refractivity contribution in [3.05, 3.63) is 70.3 Å². The van der Waals surface area contributed by atoms with Gasteiger partial charge in [0.15, 0.2) is 0 Å². The minimum Gasteiger partial charge on any atom is -0.368 e. The van der Waals surface area contributed by atoms with Crippen molar-refractivity contribution in [2.24, 2.45) is 21.2 Å². The van der Waals surface area contributed by atoms with Crippen LogP contribution in [0.15, 0.2) is 80.2 Å². The van der Waals surface area contributed by atoms with Crippen LogP contribution in [0.1, 0.15) is 45.6 Å². The monoisotopic (exact) mass is 424 g/mol. The lowest BCUT2D eigenvalue weighted by Gasteiger charge is -2.18. The van der Waals surface area contributed by atoms with Gasteiger partial charge < -0.3 is 11.1 Å². The summed E-state index contributed by atoms with van der Waals surface area (Å²) in [7, 11) is 2.97. The predicted octanol–water partition coefficient (Wildman–Crippen LogP) is 3.56. The Morgan fingerprint density at radius 3 is 2.32 bits per heavy atom. The number of nitrogens with two attached hydrogens (primary N) is 1. The number of likely N-dealkylation sites (N-methyl/N-ethyl adjacent to an activating group) is 1. The molecular weight excluding hydrogens is 392 g/mol. The number of hydrogen-bond donors (Lipinski definition) is 3. The smallest absolute Gasteiger partial charge is 0.258 e. The van der Waals surface area contributed by atoms with Gasteiger partial charge in [-0.3, -0.25) is 14.9 Å². The van der Waals surface area contributed by atoms with Gasteiger partial charge in [-0.15, -0.1) is 0 Å². The van der Waals surface area contributed by atoms with Gasteiger partial charge in [0.1, 0.15) is 0 Å². The highest BCUT2D eigenvalue weighted by Gasteiger charge is 2.17. The van der Waals surface area contributed by atoms with Crippen LogP contribution in [0.25, 0.3) is 0 Å². The standard InChI is InChI=1S/C23H32N6O2/c1-7-15(2)20(17(4)18-11-9-8-10-12-18)14-19(13-16(3)21(30)25-5)22(31)27-23(24)28-29-26-6/h8-14,17H,7H2,1-6H3,(H,25,30)(H3,24,26,27,28,31)/b16-13+,19-14+,20-15?. The Morgan fingerprint density at radius 1 is 1.13 bits per heavy atom. The molecule has 0 aliphatic rings. The summed E-state index contributed by atoms with van der Waals surface area (Å²) in [5.41, 5.74) is 9.61. The van der Waals surface area contributed by atoms with Gasteiger partial charge in [-0.1, -0.05) is 54.9 Å². The molecule has 0 bridgehead atoms. The maximum atomic E-state index is 13.0. The fraction of sp³-hybridized carbons (Fsp3) is 0.348. The Kier molecular flexibility index (Phi) is 10.6. The average molecular weight is 425 g/mol. The van der Waals surface area contributed by atoms with Crippen molar-refractivity contribution < 1.29 is 9.59 Å². The van der Waals surface area contributed by atoms with Gasteiger partial charge in [0.05, 0.1) is 7.05 Å². The zero-order valence-corrected chi connectivity index (χ0v) is 19.1. The van der Waals surface area contributed by atoms with E-state index in [2.05, 4.69) is 39.9 Å². The molecule has 0 aliphatic carbocycles. The number of nitrogens with one attached hydrogen (secondary N) is 2. The molecule has 0 aromatic heterocycles. The van der Waals surface area contributed by atoms with E-state index in [1.165, 1.54) is 20.2 Å². The molecule has 31 heavy (non-hydrogen) atoms. The topological polar surface area (TPSA) is 121 Å². The van der Waals surface area contributed by atoms with E-state index in [-0.39, 0.29) is 23.4 Å². The molecule has 0 saturated carbocycles. The quantitative estimate of drug-likeness (QED) is 0.148. The second-order valence-electron chi connectivity index (χ2n) is 6.96. The summed E-state index contributed by atoms with van der Waals surface area (Å²) in [6.45, 7) is 7.82. The fourth-order valence-electron chi connectivity index (χ4n) is 2.89. The zero-order valence-electron chi connectivity index (χ0n) is 19.1. The molecule has 0 radical (unpaired) electrons. The highest BCUT2D eigenvalue weighted by molar-refractivity contribution is 6.08. The lowest BCUT2D eigenvalue weighted by atomic mass is 9.87. The van der Waals surface area contributed by atoms with Crippen LogP contribution in [0.5, 0.6) is 0 Å². The maximum Gasteiger partial charge on any atom is 0.258 e. The molecule has 1 aromatic carbocycles. The minimum absolute atomic E-state index is 0.0394. The van der Waals surface area contributed by atoms with Crippen molar-refractivity contribution in [2.75, 3.05) is 14.1 Å². The summed E-state index contributed by atoms with van der Waals surface area (Å²) in [6.07, 6.45) is 4.15. The van der Waals surface area contributed by atoms with Crippen molar-refractivity contribution in [2.45, 2.75) is 40.0 Å². The van der Waals surface area contributed by atoms with Gasteiger partial charge in [0.2, 0.25) is 11.9 Å². The van der Waals surface area contributed by atoms with E-state index in [0.717, 1.165) is 23.1 Å². The van der Waals surface area contributed by atoms with Crippen molar-refractivity contribution in [1.82, 2.24) is 10.6 Å². The molecule has 1 aromatic rings. The molecule has 8 nitrogen and oxygen atoms in total. The third-order valence-corrected chi connectivity index (χ3v) is 4.80. The SMILES string of the molecule is CCC(C)=C(/C=C(\C=C(/C)C(=O)NC)C(=O)N/C(N)=N/N=NC)C(C)c1ccccc1. The van der Waals surface area contributed by atoms with Crippen molar-refractivity contribution >= 4 is 17.8 Å². The third kappa shape index (κ3) is 8.00. The van der Waals surface area contributed by atoms with Gasteiger partial charge in [0, 0.05) is 24.1 Å². The summed E-state index contributed by atoms with van der Waals surface area (Å²) in [4.78, 5) is 25.0. The number of carbonyl (C=O) groups is 2. The Morgan fingerprint density at radius 2 is 1.77 bits per heavy atom. The van der Waals surface area contributed by atoms with E-state index < -0.39 is 5.91 Å². The van der Waals surface area contributed by atoms with Gasteiger partial charge >= 0.3 is 0 Å². The van der Waals surface area contributed by atoms with Crippen LogP contribution in [0.3, 0.4) is 0 Å². The van der Waals surface area contributed by atoms with Crippen LogP contribution in [0, 0.1) is 0 Å². The normalized spacial score (nSPS) is 14.8. The van der Waals surface area contributed by atoms with Crippen LogP contribution in [0.2, 0.25) is 0 Å². The van der Waals surface area contributed by atoms with Crippen LogP contribution < -0.4 is 16.4 Å². The van der Waals surface area contributed by atoms with E-state index in [4.69, 9.17) is 5.73 Å². The molecule has 8 heteroatoms. The number of guanidine groups is 1. The first-order valence-corrected chi connectivity index (χ1v) is 10.0. The van der Waals surface area contributed by atoms with Gasteiger partial charge in [-0.05, 0) is 48.8 Å². The molecule has 1 rings (SSSR count). The molecule has 0 fully saturated rings. The third-order valence-electron chi connectivity index (χ3n) is 4.80.